The van der Waals surface area contributed by atoms with Crippen molar-refractivity contribution in [1.29, 1.82) is 0 Å². The molecule has 0 aliphatic rings. The molecule has 0 saturated heterocycles. The first kappa shape index (κ1) is 12.5. The van der Waals surface area contributed by atoms with Crippen molar-refractivity contribution in [3.05, 3.63) is 18.3 Å². The summed E-state index contributed by atoms with van der Waals surface area (Å²) in [6, 6.07) is 3.11. The van der Waals surface area contributed by atoms with Crippen molar-refractivity contribution in [2.75, 3.05) is 5.32 Å². The van der Waals surface area contributed by atoms with Crippen molar-refractivity contribution in [3.63, 3.8) is 0 Å². The molecule has 0 aliphatic heterocycles. The third-order valence-corrected chi connectivity index (χ3v) is 2.69. The Morgan fingerprint density at radius 3 is 2.75 bits per heavy atom. The second kappa shape index (κ2) is 5.49. The number of carbonyl (C=O) groups excluding carboxylic acids is 1. The van der Waals surface area contributed by atoms with Gasteiger partial charge in [-0.15, -0.1) is 0 Å². The van der Waals surface area contributed by atoms with Crippen molar-refractivity contribution in [2.45, 2.75) is 27.2 Å². The zero-order valence-electron chi connectivity index (χ0n) is 9.90. The highest BCUT2D eigenvalue weighted by atomic mass is 16.3. The van der Waals surface area contributed by atoms with E-state index in [-0.39, 0.29) is 17.5 Å². The molecule has 1 rings (SSSR count). The van der Waals surface area contributed by atoms with Gasteiger partial charge in [0.1, 0.15) is 0 Å². The molecular weight excluding hydrogens is 204 g/mol. The number of aromatic hydroxyl groups is 1. The normalized spacial score (nSPS) is 12.5. The first-order chi connectivity index (χ1) is 7.50. The van der Waals surface area contributed by atoms with E-state index in [0.717, 1.165) is 0 Å². The Morgan fingerprint density at radius 2 is 2.19 bits per heavy atom. The Balaban J connectivity index is 2.55. The molecule has 1 amide bonds. The maximum absolute atomic E-state index is 11.6. The Bertz CT molecular complexity index is 364. The quantitative estimate of drug-likeness (QED) is 0.822. The first-order valence-electron chi connectivity index (χ1n) is 5.44. The summed E-state index contributed by atoms with van der Waals surface area (Å²) in [4.78, 5) is 15.5. The molecule has 1 unspecified atom stereocenters. The minimum Gasteiger partial charge on any atom is -0.504 e. The zero-order valence-corrected chi connectivity index (χ0v) is 9.90. The van der Waals surface area contributed by atoms with Crippen LogP contribution in [0.25, 0.3) is 0 Å². The third-order valence-electron chi connectivity index (χ3n) is 2.69. The number of pyridine rings is 1. The molecule has 0 saturated carbocycles. The second-order valence-electron chi connectivity index (χ2n) is 4.34. The number of carbonyl (C=O) groups is 1. The van der Waals surface area contributed by atoms with Crippen molar-refractivity contribution in [2.24, 2.45) is 11.8 Å². The van der Waals surface area contributed by atoms with Gasteiger partial charge in [-0.2, -0.15) is 0 Å². The maximum atomic E-state index is 11.6. The van der Waals surface area contributed by atoms with Gasteiger partial charge in [-0.25, -0.2) is 4.98 Å². The van der Waals surface area contributed by atoms with Gasteiger partial charge in [0.05, 0.1) is 0 Å². The van der Waals surface area contributed by atoms with E-state index < -0.39 is 0 Å². The van der Waals surface area contributed by atoms with Gasteiger partial charge in [0.25, 0.3) is 0 Å². The Morgan fingerprint density at radius 1 is 1.50 bits per heavy atom. The number of amides is 1. The molecule has 4 heteroatoms. The van der Waals surface area contributed by atoms with Gasteiger partial charge < -0.3 is 10.4 Å². The van der Waals surface area contributed by atoms with Crippen LogP contribution >= 0.6 is 0 Å². The van der Waals surface area contributed by atoms with Crippen LogP contribution in [0, 0.1) is 11.8 Å². The summed E-state index contributed by atoms with van der Waals surface area (Å²) in [5, 5.41) is 12.0. The molecule has 0 fully saturated rings. The molecule has 0 bridgehead atoms. The van der Waals surface area contributed by atoms with Crippen molar-refractivity contribution >= 4 is 11.7 Å². The smallest absolute Gasteiger partial charge is 0.225 e. The van der Waals surface area contributed by atoms with E-state index in [0.29, 0.717) is 18.3 Å². The van der Waals surface area contributed by atoms with Gasteiger partial charge in [0.15, 0.2) is 11.6 Å². The predicted octanol–water partition coefficient (Wildman–Crippen LogP) is 2.41. The summed E-state index contributed by atoms with van der Waals surface area (Å²) in [5.41, 5.74) is 0. The van der Waals surface area contributed by atoms with E-state index >= 15 is 0 Å². The van der Waals surface area contributed by atoms with E-state index in [1.165, 1.54) is 12.3 Å². The van der Waals surface area contributed by atoms with Gasteiger partial charge in [-0.3, -0.25) is 4.79 Å². The lowest BCUT2D eigenvalue weighted by molar-refractivity contribution is -0.117. The molecule has 0 spiro atoms. The average Bonchev–Trinajstić information content (AvgIpc) is 2.21. The summed E-state index contributed by atoms with van der Waals surface area (Å²) >= 11 is 0. The lowest BCUT2D eigenvalue weighted by atomic mass is 9.94. The number of anilines is 1. The minimum atomic E-state index is -0.116. The molecule has 4 nitrogen and oxygen atoms in total. The number of nitrogens with one attached hydrogen (secondary N) is 1. The van der Waals surface area contributed by atoms with E-state index in [9.17, 15) is 9.90 Å². The number of hydrogen-bond acceptors (Lipinski definition) is 3. The van der Waals surface area contributed by atoms with Crippen LogP contribution in [0.5, 0.6) is 5.75 Å². The fraction of sp³-hybridized carbons (Fsp3) is 0.500. The second-order valence-corrected chi connectivity index (χ2v) is 4.34. The van der Waals surface area contributed by atoms with E-state index in [1.807, 2.05) is 6.92 Å². The Kier molecular flexibility index (Phi) is 4.28. The Labute approximate surface area is 95.7 Å². The van der Waals surface area contributed by atoms with Gasteiger partial charge in [-0.1, -0.05) is 20.8 Å². The van der Waals surface area contributed by atoms with E-state index in [2.05, 4.69) is 24.1 Å². The lowest BCUT2D eigenvalue weighted by Gasteiger charge is -2.14. The number of rotatable bonds is 4. The SMILES string of the molecule is CC(C)C(C)CC(=O)Nc1ncccc1O. The van der Waals surface area contributed by atoms with Crippen LogP contribution < -0.4 is 5.32 Å². The predicted molar refractivity (Wildman–Crippen MR) is 63.2 cm³/mol. The average molecular weight is 222 g/mol. The first-order valence-corrected chi connectivity index (χ1v) is 5.44. The Hall–Kier alpha value is -1.58. The highest BCUT2D eigenvalue weighted by molar-refractivity contribution is 5.91. The van der Waals surface area contributed by atoms with Crippen LogP contribution in [0.2, 0.25) is 0 Å². The minimum absolute atomic E-state index is 0.00644. The van der Waals surface area contributed by atoms with Crippen LogP contribution in [0.3, 0.4) is 0 Å². The molecule has 1 aromatic heterocycles. The zero-order chi connectivity index (χ0) is 12.1. The molecule has 0 aliphatic carbocycles. The molecule has 0 aromatic carbocycles. The van der Waals surface area contributed by atoms with Crippen LogP contribution in [0.1, 0.15) is 27.2 Å². The highest BCUT2D eigenvalue weighted by Gasteiger charge is 2.13. The topological polar surface area (TPSA) is 62.2 Å². The van der Waals surface area contributed by atoms with Crippen molar-refractivity contribution < 1.29 is 9.90 Å². The van der Waals surface area contributed by atoms with Crippen molar-refractivity contribution in [1.82, 2.24) is 4.98 Å². The maximum Gasteiger partial charge on any atom is 0.225 e. The number of aromatic nitrogens is 1. The monoisotopic (exact) mass is 222 g/mol. The lowest BCUT2D eigenvalue weighted by Crippen LogP contribution is -2.18. The third kappa shape index (κ3) is 3.53. The fourth-order valence-corrected chi connectivity index (χ4v) is 1.20. The summed E-state index contributed by atoms with van der Waals surface area (Å²) < 4.78 is 0. The van der Waals surface area contributed by atoms with Crippen LogP contribution in [-0.4, -0.2) is 16.0 Å². The molecule has 0 radical (unpaired) electrons. The molecule has 1 atom stereocenters. The van der Waals surface area contributed by atoms with Crippen LogP contribution in [0.15, 0.2) is 18.3 Å². The number of nitrogens with zero attached hydrogens (tertiary/aromatic N) is 1. The van der Waals surface area contributed by atoms with Crippen molar-refractivity contribution in [3.8, 4) is 5.75 Å². The van der Waals surface area contributed by atoms with E-state index in [4.69, 9.17) is 0 Å². The highest BCUT2D eigenvalue weighted by Crippen LogP contribution is 2.20. The van der Waals surface area contributed by atoms with Crippen LogP contribution in [0.4, 0.5) is 5.82 Å². The van der Waals surface area contributed by atoms with Gasteiger partial charge in [0.2, 0.25) is 5.91 Å². The fourth-order valence-electron chi connectivity index (χ4n) is 1.20. The molecular formula is C12H18N2O2. The van der Waals surface area contributed by atoms with E-state index in [1.54, 1.807) is 6.07 Å². The summed E-state index contributed by atoms with van der Waals surface area (Å²) in [6.45, 7) is 6.19. The largest absolute Gasteiger partial charge is 0.504 e. The van der Waals surface area contributed by atoms with Crippen LogP contribution in [-0.2, 0) is 4.79 Å². The summed E-state index contributed by atoms with van der Waals surface area (Å²) in [7, 11) is 0. The van der Waals surface area contributed by atoms with Gasteiger partial charge >= 0.3 is 0 Å². The molecule has 2 N–H and O–H groups in total. The molecule has 16 heavy (non-hydrogen) atoms. The molecule has 1 heterocycles. The molecule has 88 valence electrons. The standard InChI is InChI=1S/C12H18N2O2/c1-8(2)9(3)7-11(16)14-12-10(15)5-4-6-13-12/h4-6,8-9,15H,7H2,1-3H3,(H,13,14,16). The number of hydrogen-bond donors (Lipinski definition) is 2. The van der Waals surface area contributed by atoms with Gasteiger partial charge in [0, 0.05) is 12.6 Å². The summed E-state index contributed by atoms with van der Waals surface area (Å²) in [6.07, 6.45) is 1.97. The van der Waals surface area contributed by atoms with Gasteiger partial charge in [-0.05, 0) is 24.0 Å². The summed E-state index contributed by atoms with van der Waals surface area (Å²) in [5.74, 6) is 0.876. The molecule has 1 aromatic rings.